The number of fused-ring (bicyclic) bond motifs is 1. The number of carbonyl (C=O) groups excluding carboxylic acids is 2. The van der Waals surface area contributed by atoms with E-state index in [1.54, 1.807) is 25.3 Å². The van der Waals surface area contributed by atoms with Gasteiger partial charge in [0.15, 0.2) is 5.13 Å². The first kappa shape index (κ1) is 23.6. The van der Waals surface area contributed by atoms with Crippen molar-refractivity contribution in [3.8, 4) is 5.75 Å². The van der Waals surface area contributed by atoms with Crippen LogP contribution in [0.5, 0.6) is 5.75 Å². The number of nitrogens with one attached hydrogen (secondary N) is 2. The van der Waals surface area contributed by atoms with Crippen molar-refractivity contribution in [3.05, 3.63) is 42.5 Å². The highest BCUT2D eigenvalue weighted by atomic mass is 32.2. The molecule has 3 N–H and O–H groups in total. The number of nitrogens with zero attached hydrogens (tertiary/aromatic N) is 1. The summed E-state index contributed by atoms with van der Waals surface area (Å²) in [5, 5.41) is 14.4. The van der Waals surface area contributed by atoms with E-state index in [1.165, 1.54) is 23.1 Å². The van der Waals surface area contributed by atoms with Gasteiger partial charge in [-0.1, -0.05) is 24.3 Å². The van der Waals surface area contributed by atoms with Crippen LogP contribution in [0.4, 0.5) is 10.8 Å². The van der Waals surface area contributed by atoms with E-state index < -0.39 is 5.97 Å². The van der Waals surface area contributed by atoms with Crippen molar-refractivity contribution in [2.75, 3.05) is 17.7 Å². The molecule has 32 heavy (non-hydrogen) atoms. The molecule has 1 atom stereocenters. The molecule has 2 aromatic carbocycles. The number of aromatic nitrogens is 1. The second kappa shape index (κ2) is 11.0. The average molecular weight is 474 g/mol. The van der Waals surface area contributed by atoms with Crippen LogP contribution in [-0.2, 0) is 14.4 Å². The van der Waals surface area contributed by atoms with Gasteiger partial charge in [-0.15, -0.1) is 11.8 Å². The van der Waals surface area contributed by atoms with Crippen LogP contribution in [0.15, 0.2) is 47.4 Å². The van der Waals surface area contributed by atoms with E-state index >= 15 is 0 Å². The number of hydrogen-bond donors (Lipinski definition) is 3. The summed E-state index contributed by atoms with van der Waals surface area (Å²) in [6.45, 7) is 1.93. The molecule has 1 heterocycles. The van der Waals surface area contributed by atoms with Crippen molar-refractivity contribution in [1.29, 1.82) is 0 Å². The lowest BCUT2D eigenvalue weighted by molar-refractivity contribution is -0.138. The van der Waals surface area contributed by atoms with Gasteiger partial charge in [0.25, 0.3) is 0 Å². The Morgan fingerprint density at radius 2 is 1.97 bits per heavy atom. The van der Waals surface area contributed by atoms with E-state index in [9.17, 15) is 14.4 Å². The normalized spacial score (nSPS) is 11.7. The van der Waals surface area contributed by atoms with Crippen molar-refractivity contribution in [2.45, 2.75) is 36.3 Å². The minimum absolute atomic E-state index is 0.0965. The lowest BCUT2D eigenvalue weighted by Crippen LogP contribution is -2.24. The number of hydrogen-bond acceptors (Lipinski definition) is 7. The van der Waals surface area contributed by atoms with Gasteiger partial charge in [0.2, 0.25) is 11.8 Å². The number of methoxy groups -OCH3 is 1. The number of anilines is 2. The average Bonchev–Trinajstić information content (AvgIpc) is 3.17. The van der Waals surface area contributed by atoms with Crippen LogP contribution in [0.25, 0.3) is 10.2 Å². The van der Waals surface area contributed by atoms with Crippen LogP contribution in [0.2, 0.25) is 0 Å². The second-order valence-electron chi connectivity index (χ2n) is 6.83. The third-order valence-electron chi connectivity index (χ3n) is 4.45. The quantitative estimate of drug-likeness (QED) is 0.368. The van der Waals surface area contributed by atoms with Gasteiger partial charge in [-0.05, 0) is 42.8 Å². The summed E-state index contributed by atoms with van der Waals surface area (Å²) in [5.41, 5.74) is 1.35. The Kier molecular flexibility index (Phi) is 8.07. The summed E-state index contributed by atoms with van der Waals surface area (Å²) in [6, 6.07) is 12.7. The minimum Gasteiger partial charge on any atom is -0.497 e. The van der Waals surface area contributed by atoms with Crippen molar-refractivity contribution >= 4 is 61.9 Å². The summed E-state index contributed by atoms with van der Waals surface area (Å²) < 4.78 is 6.15. The first-order chi connectivity index (χ1) is 15.4. The van der Waals surface area contributed by atoms with Crippen molar-refractivity contribution in [2.24, 2.45) is 0 Å². The molecular formula is C22H23N3O5S2. The molecule has 0 saturated carbocycles. The van der Waals surface area contributed by atoms with Crippen LogP contribution in [0, 0.1) is 0 Å². The number of aliphatic carboxylic acids is 1. The molecule has 2 amide bonds. The molecule has 1 unspecified atom stereocenters. The fourth-order valence-electron chi connectivity index (χ4n) is 2.85. The molecule has 168 valence electrons. The second-order valence-corrected chi connectivity index (χ2v) is 9.13. The maximum absolute atomic E-state index is 12.8. The topological polar surface area (TPSA) is 118 Å². The third kappa shape index (κ3) is 6.44. The van der Waals surface area contributed by atoms with E-state index in [4.69, 9.17) is 9.84 Å². The zero-order chi connectivity index (χ0) is 23.1. The molecule has 3 aromatic rings. The molecule has 0 aliphatic carbocycles. The first-order valence-electron chi connectivity index (χ1n) is 9.91. The summed E-state index contributed by atoms with van der Waals surface area (Å²) >= 11 is 2.77. The van der Waals surface area contributed by atoms with Crippen LogP contribution in [0.1, 0.15) is 26.2 Å². The van der Waals surface area contributed by atoms with Crippen LogP contribution < -0.4 is 15.4 Å². The summed E-state index contributed by atoms with van der Waals surface area (Å²) in [7, 11) is 1.60. The molecule has 0 bridgehead atoms. The molecule has 1 aromatic heterocycles. The van der Waals surface area contributed by atoms with Crippen molar-refractivity contribution in [1.82, 2.24) is 4.98 Å². The largest absolute Gasteiger partial charge is 0.497 e. The molecule has 0 aliphatic rings. The molecule has 10 heteroatoms. The Bertz CT molecular complexity index is 1130. The zero-order valence-electron chi connectivity index (χ0n) is 17.6. The monoisotopic (exact) mass is 473 g/mol. The van der Waals surface area contributed by atoms with Crippen LogP contribution >= 0.6 is 23.1 Å². The Morgan fingerprint density at radius 1 is 1.16 bits per heavy atom. The molecule has 8 nitrogen and oxygen atoms in total. The Morgan fingerprint density at radius 3 is 2.69 bits per heavy atom. The van der Waals surface area contributed by atoms with Gasteiger partial charge in [0, 0.05) is 17.0 Å². The smallest absolute Gasteiger partial charge is 0.303 e. The number of carbonyl (C=O) groups is 3. The molecule has 0 aliphatic heterocycles. The number of benzene rings is 2. The third-order valence-corrected chi connectivity index (χ3v) is 6.74. The number of rotatable bonds is 10. The SMILES string of the molecule is CCC(Sc1cccc(NC(=O)CCC(=O)O)c1)C(=O)Nc1nc2ccc(OC)cc2s1. The molecular weight excluding hydrogens is 450 g/mol. The van der Waals surface area contributed by atoms with Crippen molar-refractivity contribution in [3.63, 3.8) is 0 Å². The number of carboxylic acid groups (broad SMARTS) is 1. The summed E-state index contributed by atoms with van der Waals surface area (Å²) in [5.74, 6) is -0.810. The van der Waals surface area contributed by atoms with Gasteiger partial charge in [-0.2, -0.15) is 0 Å². The van der Waals surface area contributed by atoms with E-state index in [0.717, 1.165) is 20.9 Å². The lowest BCUT2D eigenvalue weighted by atomic mass is 10.2. The fourth-order valence-corrected chi connectivity index (χ4v) is 4.76. The van der Waals surface area contributed by atoms with Crippen LogP contribution in [-0.4, -0.2) is 40.2 Å². The Labute approximate surface area is 193 Å². The van der Waals surface area contributed by atoms with Gasteiger partial charge in [0.05, 0.1) is 29.0 Å². The number of ether oxygens (including phenoxy) is 1. The Hall–Kier alpha value is -3.11. The highest BCUT2D eigenvalue weighted by molar-refractivity contribution is 8.00. The highest BCUT2D eigenvalue weighted by Gasteiger charge is 2.20. The maximum Gasteiger partial charge on any atom is 0.303 e. The Balaban J connectivity index is 1.63. The summed E-state index contributed by atoms with van der Waals surface area (Å²) in [4.78, 5) is 40.6. The number of amides is 2. The zero-order valence-corrected chi connectivity index (χ0v) is 19.2. The highest BCUT2D eigenvalue weighted by Crippen LogP contribution is 2.32. The van der Waals surface area contributed by atoms with E-state index in [2.05, 4.69) is 15.6 Å². The molecule has 0 spiro atoms. The predicted octanol–water partition coefficient (Wildman–Crippen LogP) is 4.62. The van der Waals surface area contributed by atoms with Gasteiger partial charge in [-0.25, -0.2) is 4.98 Å². The fraction of sp³-hybridized carbons (Fsp3) is 0.273. The maximum atomic E-state index is 12.8. The van der Waals surface area contributed by atoms with Crippen molar-refractivity contribution < 1.29 is 24.2 Å². The van der Waals surface area contributed by atoms with Gasteiger partial charge in [-0.3, -0.25) is 14.4 Å². The summed E-state index contributed by atoms with van der Waals surface area (Å²) in [6.07, 6.45) is 0.280. The lowest BCUT2D eigenvalue weighted by Gasteiger charge is -2.14. The van der Waals surface area contributed by atoms with Gasteiger partial charge < -0.3 is 20.5 Å². The van der Waals surface area contributed by atoms with E-state index in [0.29, 0.717) is 17.2 Å². The van der Waals surface area contributed by atoms with E-state index in [-0.39, 0.29) is 29.9 Å². The molecule has 3 rings (SSSR count). The molecule has 0 fully saturated rings. The van der Waals surface area contributed by atoms with Gasteiger partial charge in [0.1, 0.15) is 5.75 Å². The number of thiazole rings is 1. The van der Waals surface area contributed by atoms with Gasteiger partial charge >= 0.3 is 5.97 Å². The molecule has 0 saturated heterocycles. The van der Waals surface area contributed by atoms with Crippen LogP contribution in [0.3, 0.4) is 0 Å². The number of thioether (sulfide) groups is 1. The standard InChI is InChI=1S/C22H23N3O5S2/c1-3-17(21(29)25-22-24-16-8-7-14(30-2)12-18(16)32-22)31-15-6-4-5-13(11-15)23-19(26)9-10-20(27)28/h4-8,11-12,17H,3,9-10H2,1-2H3,(H,23,26)(H,27,28)(H,24,25,29). The minimum atomic E-state index is -1.02. The number of carboxylic acids is 1. The first-order valence-corrected chi connectivity index (χ1v) is 11.6. The molecule has 0 radical (unpaired) electrons. The predicted molar refractivity (Wildman–Crippen MR) is 127 cm³/mol. The van der Waals surface area contributed by atoms with E-state index in [1.807, 2.05) is 31.2 Å².